The van der Waals surface area contributed by atoms with E-state index in [9.17, 15) is 18.0 Å². The summed E-state index contributed by atoms with van der Waals surface area (Å²) in [6.07, 6.45) is -4.47. The Balaban J connectivity index is 1.41. The number of benzene rings is 2. The number of carbonyl (C=O) groups is 1. The van der Waals surface area contributed by atoms with Crippen LogP contribution in [0.1, 0.15) is 21.6 Å². The zero-order valence-electron chi connectivity index (χ0n) is 17.1. The number of rotatable bonds is 4. The Bertz CT molecular complexity index is 1430. The summed E-state index contributed by atoms with van der Waals surface area (Å²) in [7, 11) is 0. The number of carbonyl (C=O) groups excluding carboxylic acids is 1. The van der Waals surface area contributed by atoms with Gasteiger partial charge < -0.3 is 9.73 Å². The highest BCUT2D eigenvalue weighted by Crippen LogP contribution is 2.31. The number of nitrogens with one attached hydrogen (secondary N) is 1. The Morgan fingerprint density at radius 1 is 1.09 bits per heavy atom. The normalized spacial score (nSPS) is 11.8. The minimum atomic E-state index is -4.47. The number of para-hydroxylation sites is 1. The van der Waals surface area contributed by atoms with Gasteiger partial charge in [0.2, 0.25) is 5.13 Å². The molecule has 10 heteroatoms. The van der Waals surface area contributed by atoms with Crippen LogP contribution >= 0.6 is 11.3 Å². The first-order valence-electron chi connectivity index (χ1n) is 9.78. The van der Waals surface area contributed by atoms with E-state index in [-0.39, 0.29) is 5.56 Å². The molecule has 5 rings (SSSR count). The molecule has 5 aromatic rings. The Labute approximate surface area is 189 Å². The first-order chi connectivity index (χ1) is 15.8. The van der Waals surface area contributed by atoms with Crippen LogP contribution in [-0.2, 0) is 6.18 Å². The SMILES string of the molecule is Cc1cc(NC(=O)c2ccc(C(F)(F)F)cc2)n(-c2nc(-c3cc4ccccc4o3)cs2)n1. The van der Waals surface area contributed by atoms with Gasteiger partial charge in [-0.3, -0.25) is 4.79 Å². The van der Waals surface area contributed by atoms with Crippen molar-refractivity contribution in [2.75, 3.05) is 5.32 Å². The van der Waals surface area contributed by atoms with Crippen molar-refractivity contribution < 1.29 is 22.4 Å². The number of thiazole rings is 1. The quantitative estimate of drug-likeness (QED) is 0.335. The molecule has 0 atom stereocenters. The van der Waals surface area contributed by atoms with Crippen molar-refractivity contribution in [1.82, 2.24) is 14.8 Å². The van der Waals surface area contributed by atoms with Gasteiger partial charge in [0.25, 0.3) is 5.91 Å². The third-order valence-electron chi connectivity index (χ3n) is 4.90. The van der Waals surface area contributed by atoms with Crippen LogP contribution in [0.4, 0.5) is 19.0 Å². The largest absolute Gasteiger partial charge is 0.454 e. The molecule has 0 spiro atoms. The topological polar surface area (TPSA) is 73.0 Å². The number of hydrogen-bond donors (Lipinski definition) is 1. The second-order valence-electron chi connectivity index (χ2n) is 7.28. The first-order valence-corrected chi connectivity index (χ1v) is 10.7. The average Bonchev–Trinajstić information content (AvgIpc) is 3.50. The second kappa shape index (κ2) is 7.89. The van der Waals surface area contributed by atoms with Gasteiger partial charge in [-0.05, 0) is 43.3 Å². The molecule has 0 unspecified atom stereocenters. The first kappa shape index (κ1) is 21.0. The standard InChI is InChI=1S/C23H15F3N4O2S/c1-13-10-20(28-21(31)14-6-8-16(9-7-14)23(24,25)26)30(29-13)22-27-17(12-33-22)19-11-15-4-2-3-5-18(15)32-19/h2-12H,1H3,(H,28,31). The fourth-order valence-corrected chi connectivity index (χ4v) is 4.09. The summed E-state index contributed by atoms with van der Waals surface area (Å²) in [5.74, 6) is 0.403. The maximum absolute atomic E-state index is 12.8. The van der Waals surface area contributed by atoms with Crippen LogP contribution in [0.3, 0.4) is 0 Å². The maximum Gasteiger partial charge on any atom is 0.416 e. The molecule has 0 aliphatic rings. The van der Waals surface area contributed by atoms with Crippen LogP contribution in [-0.4, -0.2) is 20.7 Å². The zero-order chi connectivity index (χ0) is 23.2. The van der Waals surface area contributed by atoms with Crippen LogP contribution in [0.5, 0.6) is 0 Å². The van der Waals surface area contributed by atoms with Gasteiger partial charge in [-0.15, -0.1) is 11.3 Å². The third-order valence-corrected chi connectivity index (χ3v) is 5.71. The Kier molecular flexibility index (Phi) is 5.01. The van der Waals surface area contributed by atoms with E-state index in [0.29, 0.717) is 28.1 Å². The second-order valence-corrected chi connectivity index (χ2v) is 8.11. The van der Waals surface area contributed by atoms with Crippen LogP contribution in [0, 0.1) is 6.92 Å². The molecule has 0 aliphatic heterocycles. The number of nitrogens with zero attached hydrogens (tertiary/aromatic N) is 3. The molecule has 0 aliphatic carbocycles. The van der Waals surface area contributed by atoms with Gasteiger partial charge in [-0.1, -0.05) is 18.2 Å². The predicted molar refractivity (Wildman–Crippen MR) is 119 cm³/mol. The van der Waals surface area contributed by atoms with Crippen molar-refractivity contribution >= 4 is 34.0 Å². The molecule has 2 aromatic carbocycles. The highest BCUT2D eigenvalue weighted by atomic mass is 32.1. The van der Waals surface area contributed by atoms with Gasteiger partial charge in [0.1, 0.15) is 17.1 Å². The summed E-state index contributed by atoms with van der Waals surface area (Å²) >= 11 is 1.32. The molecule has 3 heterocycles. The van der Waals surface area contributed by atoms with E-state index in [4.69, 9.17) is 4.42 Å². The molecule has 0 saturated heterocycles. The van der Waals surface area contributed by atoms with E-state index in [1.807, 2.05) is 35.7 Å². The van der Waals surface area contributed by atoms with Crippen molar-refractivity contribution in [3.63, 3.8) is 0 Å². The molecule has 0 fully saturated rings. The lowest BCUT2D eigenvalue weighted by molar-refractivity contribution is -0.137. The van der Waals surface area contributed by atoms with Gasteiger partial charge >= 0.3 is 6.18 Å². The number of aromatic nitrogens is 3. The molecular formula is C23H15F3N4O2S. The lowest BCUT2D eigenvalue weighted by Crippen LogP contribution is -2.15. The molecular weight excluding hydrogens is 453 g/mol. The number of alkyl halides is 3. The molecule has 1 amide bonds. The van der Waals surface area contributed by atoms with E-state index in [1.54, 1.807) is 13.0 Å². The summed E-state index contributed by atoms with van der Waals surface area (Å²) in [5, 5.41) is 10.4. The van der Waals surface area contributed by atoms with E-state index in [0.717, 1.165) is 35.2 Å². The fraction of sp³-hybridized carbons (Fsp3) is 0.0870. The average molecular weight is 468 g/mol. The van der Waals surface area contributed by atoms with E-state index in [1.165, 1.54) is 16.0 Å². The van der Waals surface area contributed by atoms with Crippen LogP contribution in [0.25, 0.3) is 27.6 Å². The number of halogens is 3. The Morgan fingerprint density at radius 2 is 1.85 bits per heavy atom. The molecule has 0 radical (unpaired) electrons. The molecule has 3 aromatic heterocycles. The number of amides is 1. The summed E-state index contributed by atoms with van der Waals surface area (Å²) < 4.78 is 45.7. The van der Waals surface area contributed by atoms with E-state index < -0.39 is 17.6 Å². The maximum atomic E-state index is 12.8. The van der Waals surface area contributed by atoms with Crippen LogP contribution < -0.4 is 5.32 Å². The summed E-state index contributed by atoms with van der Waals surface area (Å²) in [6.45, 7) is 1.76. The Hall–Kier alpha value is -3.92. The van der Waals surface area contributed by atoms with Gasteiger partial charge in [0, 0.05) is 22.4 Å². The molecule has 6 nitrogen and oxygen atoms in total. The van der Waals surface area contributed by atoms with E-state index >= 15 is 0 Å². The number of anilines is 1. The fourth-order valence-electron chi connectivity index (χ4n) is 3.32. The highest BCUT2D eigenvalue weighted by Gasteiger charge is 2.30. The van der Waals surface area contributed by atoms with Crippen molar-refractivity contribution in [2.24, 2.45) is 0 Å². The van der Waals surface area contributed by atoms with Gasteiger partial charge in [0.05, 0.1) is 11.3 Å². The number of fused-ring (bicyclic) bond motifs is 1. The summed E-state index contributed by atoms with van der Waals surface area (Å²) in [5.41, 5.74) is 1.29. The smallest absolute Gasteiger partial charge is 0.416 e. The van der Waals surface area contributed by atoms with Gasteiger partial charge in [-0.2, -0.15) is 23.0 Å². The lowest BCUT2D eigenvalue weighted by Gasteiger charge is -2.09. The molecule has 33 heavy (non-hydrogen) atoms. The minimum Gasteiger partial charge on any atom is -0.454 e. The van der Waals surface area contributed by atoms with Gasteiger partial charge in [-0.25, -0.2) is 4.98 Å². The summed E-state index contributed by atoms with van der Waals surface area (Å²) in [4.78, 5) is 17.2. The molecule has 1 N–H and O–H groups in total. The summed E-state index contributed by atoms with van der Waals surface area (Å²) in [6, 6.07) is 15.2. The lowest BCUT2D eigenvalue weighted by atomic mass is 10.1. The zero-order valence-corrected chi connectivity index (χ0v) is 17.9. The number of furan rings is 1. The molecule has 0 bridgehead atoms. The van der Waals surface area contributed by atoms with Gasteiger partial charge in [0.15, 0.2) is 5.76 Å². The van der Waals surface area contributed by atoms with Crippen molar-refractivity contribution in [3.8, 4) is 16.6 Å². The number of hydrogen-bond acceptors (Lipinski definition) is 5. The third kappa shape index (κ3) is 4.12. The highest BCUT2D eigenvalue weighted by molar-refractivity contribution is 7.12. The van der Waals surface area contributed by atoms with Crippen LogP contribution in [0.15, 0.2) is 70.5 Å². The van der Waals surface area contributed by atoms with E-state index in [2.05, 4.69) is 15.4 Å². The molecule has 166 valence electrons. The van der Waals surface area contributed by atoms with Crippen molar-refractivity contribution in [1.29, 1.82) is 0 Å². The number of aryl methyl sites for hydroxylation is 1. The molecule has 0 saturated carbocycles. The predicted octanol–water partition coefficient (Wildman–Crippen LogP) is 6.32. The minimum absolute atomic E-state index is 0.0931. The Morgan fingerprint density at radius 3 is 2.58 bits per heavy atom. The van der Waals surface area contributed by atoms with Crippen molar-refractivity contribution in [2.45, 2.75) is 13.1 Å². The van der Waals surface area contributed by atoms with Crippen molar-refractivity contribution in [3.05, 3.63) is 82.9 Å². The monoisotopic (exact) mass is 468 g/mol. The van der Waals surface area contributed by atoms with Crippen LogP contribution in [0.2, 0.25) is 0 Å².